The van der Waals surface area contributed by atoms with Gasteiger partial charge in [-0.1, -0.05) is 19.4 Å². The van der Waals surface area contributed by atoms with Crippen LogP contribution in [0.1, 0.15) is 73.7 Å². The highest BCUT2D eigenvalue weighted by Gasteiger charge is 2.45. The predicted octanol–water partition coefficient (Wildman–Crippen LogP) is 4.15. The summed E-state index contributed by atoms with van der Waals surface area (Å²) in [6.45, 7) is 4.80. The zero-order chi connectivity index (χ0) is 23.9. The van der Waals surface area contributed by atoms with Gasteiger partial charge in [-0.15, -0.1) is 0 Å². The van der Waals surface area contributed by atoms with E-state index in [4.69, 9.17) is 4.74 Å². The molecule has 0 radical (unpaired) electrons. The van der Waals surface area contributed by atoms with E-state index < -0.39 is 12.0 Å². The van der Waals surface area contributed by atoms with Crippen molar-refractivity contribution in [3.05, 3.63) is 41.6 Å². The monoisotopic (exact) mass is 473 g/mol. The van der Waals surface area contributed by atoms with E-state index in [0.717, 1.165) is 37.7 Å². The van der Waals surface area contributed by atoms with Crippen LogP contribution in [0.15, 0.2) is 30.5 Å². The van der Waals surface area contributed by atoms with Crippen molar-refractivity contribution in [1.82, 2.24) is 15.5 Å². The molecule has 0 bridgehead atoms. The van der Waals surface area contributed by atoms with Crippen molar-refractivity contribution in [1.29, 1.82) is 0 Å². The Labute approximate surface area is 199 Å². The highest BCUT2D eigenvalue weighted by Crippen LogP contribution is 2.42. The lowest BCUT2D eigenvalue weighted by Crippen LogP contribution is -2.49. The van der Waals surface area contributed by atoms with Crippen molar-refractivity contribution < 1.29 is 23.1 Å². The maximum absolute atomic E-state index is 13.2. The third-order valence-corrected chi connectivity index (χ3v) is 7.69. The number of hydrogen-bond donors (Lipinski definition) is 2. The average molecular weight is 474 g/mol. The van der Waals surface area contributed by atoms with Gasteiger partial charge in [-0.2, -0.15) is 0 Å². The first-order chi connectivity index (χ1) is 16.3. The summed E-state index contributed by atoms with van der Waals surface area (Å²) in [7, 11) is 0. The number of hydrogen-bond acceptors (Lipinski definition) is 4. The molecule has 4 aliphatic rings. The minimum Gasteiger partial charge on any atom is -0.489 e. The Kier molecular flexibility index (Phi) is 6.35. The van der Waals surface area contributed by atoms with Gasteiger partial charge >= 0.3 is 0 Å². The van der Waals surface area contributed by atoms with Crippen LogP contribution in [0, 0.1) is 5.92 Å². The predicted molar refractivity (Wildman–Crippen MR) is 124 cm³/mol. The van der Waals surface area contributed by atoms with E-state index in [-0.39, 0.29) is 42.7 Å². The van der Waals surface area contributed by atoms with Gasteiger partial charge in [0, 0.05) is 36.7 Å². The zero-order valence-electron chi connectivity index (χ0n) is 19.5. The number of benzene rings is 1. The molecule has 2 aliphatic carbocycles. The number of nitrogens with zero attached hydrogens (tertiary/aromatic N) is 1. The maximum atomic E-state index is 13.2. The third-order valence-electron chi connectivity index (χ3n) is 7.69. The van der Waals surface area contributed by atoms with Gasteiger partial charge in [0.15, 0.2) is 0 Å². The Balaban J connectivity index is 1.24. The van der Waals surface area contributed by atoms with Crippen LogP contribution in [0.2, 0.25) is 0 Å². The first kappa shape index (κ1) is 23.3. The van der Waals surface area contributed by atoms with E-state index in [0.29, 0.717) is 42.9 Å². The number of piperidine rings is 1. The van der Waals surface area contributed by atoms with Crippen LogP contribution in [0.3, 0.4) is 0 Å². The number of nitrogens with one attached hydrogen (secondary N) is 2. The fourth-order valence-electron chi connectivity index (χ4n) is 5.77. The first-order valence-electron chi connectivity index (χ1n) is 12.5. The van der Waals surface area contributed by atoms with Gasteiger partial charge in [0.1, 0.15) is 17.9 Å². The molecular formula is C26H33F2N3O3. The van der Waals surface area contributed by atoms with Gasteiger partial charge in [0.2, 0.25) is 11.8 Å². The Hall–Kier alpha value is -2.48. The molecule has 2 heterocycles. The van der Waals surface area contributed by atoms with Gasteiger partial charge in [0.25, 0.3) is 5.91 Å². The summed E-state index contributed by atoms with van der Waals surface area (Å²) >= 11 is 0. The molecule has 1 saturated heterocycles. The molecule has 3 atom stereocenters. The minimum atomic E-state index is -2.49. The van der Waals surface area contributed by atoms with Crippen molar-refractivity contribution in [2.75, 3.05) is 6.54 Å². The lowest BCUT2D eigenvalue weighted by atomic mass is 9.81. The molecule has 8 heteroatoms. The van der Waals surface area contributed by atoms with Crippen molar-refractivity contribution >= 4 is 11.8 Å². The smallest absolute Gasteiger partial charge is 0.255 e. The normalized spacial score (nSPS) is 29.3. The second-order valence-electron chi connectivity index (χ2n) is 10.3. The first-order valence-corrected chi connectivity index (χ1v) is 12.5. The number of allylic oxidation sites excluding steroid dienone is 1. The Morgan fingerprint density at radius 1 is 1.15 bits per heavy atom. The number of ether oxygens (including phenoxy) is 1. The summed E-state index contributed by atoms with van der Waals surface area (Å²) in [5.41, 5.74) is 2.18. The van der Waals surface area contributed by atoms with Crippen LogP contribution >= 0.6 is 0 Å². The van der Waals surface area contributed by atoms with Gasteiger partial charge in [0.05, 0.1) is 0 Å². The molecule has 1 aromatic rings. The molecule has 5 rings (SSSR count). The van der Waals surface area contributed by atoms with Crippen LogP contribution in [0.25, 0.3) is 0 Å². The fraction of sp³-hybridized carbons (Fsp3) is 0.615. The number of fused-ring (bicyclic) bond motifs is 1. The largest absolute Gasteiger partial charge is 0.489 e. The van der Waals surface area contributed by atoms with E-state index in [1.165, 1.54) is 0 Å². The maximum Gasteiger partial charge on any atom is 0.255 e. The second-order valence-corrected chi connectivity index (χ2v) is 10.3. The molecule has 0 spiro atoms. The van der Waals surface area contributed by atoms with Gasteiger partial charge in [-0.25, -0.2) is 8.78 Å². The lowest BCUT2D eigenvalue weighted by Gasteiger charge is -2.37. The summed E-state index contributed by atoms with van der Waals surface area (Å²) in [6, 6.07) is 5.19. The van der Waals surface area contributed by atoms with Crippen molar-refractivity contribution in [2.45, 2.75) is 88.4 Å². The van der Waals surface area contributed by atoms with Crippen molar-refractivity contribution in [2.24, 2.45) is 5.92 Å². The number of carbonyl (C=O) groups is 2. The number of carbonyl (C=O) groups excluding carboxylic acids is 2. The zero-order valence-corrected chi connectivity index (χ0v) is 19.5. The lowest BCUT2D eigenvalue weighted by molar-refractivity contribution is -0.126. The molecule has 1 unspecified atom stereocenters. The molecule has 0 aromatic heterocycles. The Morgan fingerprint density at radius 3 is 2.71 bits per heavy atom. The third kappa shape index (κ3) is 4.83. The quantitative estimate of drug-likeness (QED) is 0.609. The van der Waals surface area contributed by atoms with Crippen LogP contribution in [0.4, 0.5) is 8.78 Å². The number of halogens is 2. The van der Waals surface area contributed by atoms with Crippen molar-refractivity contribution in [3.8, 4) is 5.75 Å². The summed E-state index contributed by atoms with van der Waals surface area (Å²) < 4.78 is 32.8. The summed E-state index contributed by atoms with van der Waals surface area (Å²) in [5.74, 6) is -2.05. The number of amides is 2. The number of rotatable bonds is 6. The van der Waals surface area contributed by atoms with E-state index >= 15 is 0 Å². The molecule has 2 N–H and O–H groups in total. The summed E-state index contributed by atoms with van der Waals surface area (Å²) in [5, 5.41) is 6.28. The van der Waals surface area contributed by atoms with Gasteiger partial charge < -0.3 is 20.3 Å². The summed E-state index contributed by atoms with van der Waals surface area (Å²) in [6.07, 6.45) is 6.34. The molecule has 2 saturated carbocycles. The summed E-state index contributed by atoms with van der Waals surface area (Å²) in [4.78, 5) is 27.0. The molecule has 3 fully saturated rings. The average Bonchev–Trinajstić information content (AvgIpc) is 2.93. The molecule has 2 aliphatic heterocycles. The van der Waals surface area contributed by atoms with E-state index in [2.05, 4.69) is 17.2 Å². The van der Waals surface area contributed by atoms with Gasteiger partial charge in [-0.05, 0) is 68.3 Å². The van der Waals surface area contributed by atoms with Crippen molar-refractivity contribution in [3.63, 3.8) is 0 Å². The molecular weight excluding hydrogens is 440 g/mol. The van der Waals surface area contributed by atoms with E-state index in [9.17, 15) is 18.4 Å². The Morgan fingerprint density at radius 2 is 1.94 bits per heavy atom. The SMILES string of the molecule is C=C1CCC(N2Cc3cc(O[C@H]4CCCCC[C@H]4NCC4CC(F)(F)C4)ccc3C2=O)C(=O)N1. The van der Waals surface area contributed by atoms with Crippen LogP contribution < -0.4 is 15.4 Å². The molecule has 34 heavy (non-hydrogen) atoms. The number of alkyl halides is 2. The molecule has 184 valence electrons. The fourth-order valence-corrected chi connectivity index (χ4v) is 5.77. The van der Waals surface area contributed by atoms with Gasteiger partial charge in [-0.3, -0.25) is 9.59 Å². The molecule has 6 nitrogen and oxygen atoms in total. The molecule has 2 amide bonds. The Bertz CT molecular complexity index is 974. The second kappa shape index (κ2) is 9.29. The topological polar surface area (TPSA) is 70.7 Å². The van der Waals surface area contributed by atoms with E-state index in [1.807, 2.05) is 12.1 Å². The van der Waals surface area contributed by atoms with Crippen LogP contribution in [-0.2, 0) is 11.3 Å². The van der Waals surface area contributed by atoms with Crippen LogP contribution in [0.5, 0.6) is 5.75 Å². The van der Waals surface area contributed by atoms with Crippen LogP contribution in [-0.4, -0.2) is 47.4 Å². The molecule has 1 aromatic carbocycles. The standard InChI is InChI=1S/C26H33F2N3O3/c1-16-7-10-22(24(32)30-16)31-15-18-11-19(8-9-20(18)25(31)33)34-23-6-4-2-3-5-21(23)29-14-17-12-26(27,28)13-17/h8-9,11,17,21-23,29H,1-7,10,12-15H2,(H,30,32)/t21-,22?,23+/m1/s1. The van der Waals surface area contributed by atoms with E-state index in [1.54, 1.807) is 11.0 Å². The highest BCUT2D eigenvalue weighted by atomic mass is 19.3. The minimum absolute atomic E-state index is 0.0271. The highest BCUT2D eigenvalue weighted by molar-refractivity contribution is 6.01.